The number of rotatable bonds is 5. The zero-order valence-corrected chi connectivity index (χ0v) is 14.3. The Balaban J connectivity index is 3.42. The second-order valence-electron chi connectivity index (χ2n) is 5.83. The Morgan fingerprint density at radius 1 is 1.10 bits per heavy atom. The molecule has 1 aromatic carbocycles. The number of aryl methyl sites for hydroxylation is 2. The lowest BCUT2D eigenvalue weighted by molar-refractivity contribution is -0.120. The SMILES string of the molecule is Cc1cc(C)c(C)c(S(=O)(=O)NC(C(N)=O)C(C)C)c1C. The van der Waals surface area contributed by atoms with Gasteiger partial charge in [0.1, 0.15) is 6.04 Å². The molecule has 0 heterocycles. The largest absolute Gasteiger partial charge is 0.368 e. The number of benzene rings is 1. The Hall–Kier alpha value is -1.40. The van der Waals surface area contributed by atoms with E-state index in [1.165, 1.54) is 0 Å². The maximum absolute atomic E-state index is 12.7. The highest BCUT2D eigenvalue weighted by Crippen LogP contribution is 2.26. The molecule has 0 aliphatic heterocycles. The van der Waals surface area contributed by atoms with Crippen LogP contribution in [0.4, 0.5) is 0 Å². The van der Waals surface area contributed by atoms with Gasteiger partial charge in [-0.2, -0.15) is 4.72 Å². The predicted molar refractivity (Wildman–Crippen MR) is 83.5 cm³/mol. The van der Waals surface area contributed by atoms with Gasteiger partial charge in [0.15, 0.2) is 0 Å². The molecule has 6 heteroatoms. The van der Waals surface area contributed by atoms with Crippen LogP contribution < -0.4 is 10.5 Å². The van der Waals surface area contributed by atoms with Crippen LogP contribution in [0.1, 0.15) is 36.1 Å². The minimum absolute atomic E-state index is 0.219. The highest BCUT2D eigenvalue weighted by molar-refractivity contribution is 7.89. The summed E-state index contributed by atoms with van der Waals surface area (Å²) >= 11 is 0. The maximum atomic E-state index is 12.7. The number of sulfonamides is 1. The van der Waals surface area contributed by atoms with Gasteiger partial charge in [-0.1, -0.05) is 19.9 Å². The Labute approximate surface area is 127 Å². The van der Waals surface area contributed by atoms with Crippen LogP contribution in [-0.2, 0) is 14.8 Å². The molecule has 1 atom stereocenters. The van der Waals surface area contributed by atoms with Gasteiger partial charge in [0, 0.05) is 0 Å². The fraction of sp³-hybridized carbons (Fsp3) is 0.533. The lowest BCUT2D eigenvalue weighted by Crippen LogP contribution is -2.47. The highest BCUT2D eigenvalue weighted by Gasteiger charge is 2.29. The first kappa shape index (κ1) is 17.7. The molecule has 1 aromatic rings. The van der Waals surface area contributed by atoms with Crippen molar-refractivity contribution < 1.29 is 13.2 Å². The summed E-state index contributed by atoms with van der Waals surface area (Å²) in [4.78, 5) is 11.7. The molecular weight excluding hydrogens is 288 g/mol. The van der Waals surface area contributed by atoms with E-state index in [2.05, 4.69) is 4.72 Å². The third-order valence-electron chi connectivity index (χ3n) is 3.82. The molecule has 118 valence electrons. The standard InChI is InChI=1S/C15H24N2O3S/c1-8(2)13(15(16)18)17-21(19,20)14-11(5)9(3)7-10(4)12(14)6/h7-8,13,17H,1-6H3,(H2,16,18). The van der Waals surface area contributed by atoms with Crippen molar-refractivity contribution >= 4 is 15.9 Å². The molecule has 5 nitrogen and oxygen atoms in total. The molecule has 3 N–H and O–H groups in total. The lowest BCUT2D eigenvalue weighted by Gasteiger charge is -2.22. The molecular formula is C15H24N2O3S. The Morgan fingerprint density at radius 2 is 1.52 bits per heavy atom. The van der Waals surface area contributed by atoms with Gasteiger partial charge in [-0.05, 0) is 55.9 Å². The van der Waals surface area contributed by atoms with Gasteiger partial charge in [-0.15, -0.1) is 0 Å². The van der Waals surface area contributed by atoms with Gasteiger partial charge in [0.25, 0.3) is 0 Å². The predicted octanol–water partition coefficient (Wildman–Crippen LogP) is 1.71. The van der Waals surface area contributed by atoms with Gasteiger partial charge in [-0.25, -0.2) is 8.42 Å². The van der Waals surface area contributed by atoms with Crippen LogP contribution >= 0.6 is 0 Å². The summed E-state index contributed by atoms with van der Waals surface area (Å²) < 4.78 is 27.8. The Morgan fingerprint density at radius 3 is 1.86 bits per heavy atom. The summed E-state index contributed by atoms with van der Waals surface area (Å²) in [6.07, 6.45) is 0. The zero-order chi connectivity index (χ0) is 16.5. The summed E-state index contributed by atoms with van der Waals surface area (Å²) in [6.45, 7) is 10.8. The first-order chi connectivity index (χ1) is 9.49. The number of nitrogens with one attached hydrogen (secondary N) is 1. The normalized spacial score (nSPS) is 13.5. The summed E-state index contributed by atoms with van der Waals surface area (Å²) in [7, 11) is -3.81. The second kappa shape index (κ2) is 6.15. The van der Waals surface area contributed by atoms with E-state index in [1.807, 2.05) is 19.9 Å². The van der Waals surface area contributed by atoms with Crippen molar-refractivity contribution in [3.63, 3.8) is 0 Å². The molecule has 21 heavy (non-hydrogen) atoms. The van der Waals surface area contributed by atoms with Crippen molar-refractivity contribution in [2.75, 3.05) is 0 Å². The molecule has 1 rings (SSSR count). The van der Waals surface area contributed by atoms with Crippen molar-refractivity contribution in [3.8, 4) is 0 Å². The second-order valence-corrected chi connectivity index (χ2v) is 7.49. The molecule has 0 radical (unpaired) electrons. The Kier molecular flexibility index (Phi) is 5.17. The third-order valence-corrected chi connectivity index (χ3v) is 5.54. The van der Waals surface area contributed by atoms with Crippen LogP contribution in [0.2, 0.25) is 0 Å². The first-order valence-corrected chi connectivity index (χ1v) is 8.36. The van der Waals surface area contributed by atoms with Crippen LogP contribution in [0.5, 0.6) is 0 Å². The maximum Gasteiger partial charge on any atom is 0.241 e. The monoisotopic (exact) mass is 312 g/mol. The number of carbonyl (C=O) groups is 1. The molecule has 1 unspecified atom stereocenters. The van der Waals surface area contributed by atoms with Crippen LogP contribution in [0, 0.1) is 33.6 Å². The molecule has 0 saturated carbocycles. The number of primary amides is 1. The number of carbonyl (C=O) groups excluding carboxylic acids is 1. The van der Waals surface area contributed by atoms with Gasteiger partial charge in [0.2, 0.25) is 15.9 Å². The number of nitrogens with two attached hydrogens (primary N) is 1. The van der Waals surface area contributed by atoms with Gasteiger partial charge in [-0.3, -0.25) is 4.79 Å². The molecule has 0 bridgehead atoms. The Bertz CT molecular complexity index is 638. The molecule has 0 saturated heterocycles. The number of amides is 1. The summed E-state index contributed by atoms with van der Waals surface area (Å²) in [5.74, 6) is -0.892. The smallest absolute Gasteiger partial charge is 0.241 e. The minimum atomic E-state index is -3.81. The van der Waals surface area contributed by atoms with E-state index in [9.17, 15) is 13.2 Å². The first-order valence-electron chi connectivity index (χ1n) is 6.88. The summed E-state index contributed by atoms with van der Waals surface area (Å²) in [5.41, 5.74) is 8.48. The van der Waals surface area contributed by atoms with Crippen molar-refractivity contribution in [1.29, 1.82) is 0 Å². The zero-order valence-electron chi connectivity index (χ0n) is 13.4. The van der Waals surface area contributed by atoms with Gasteiger partial charge >= 0.3 is 0 Å². The van der Waals surface area contributed by atoms with Crippen molar-refractivity contribution in [2.45, 2.75) is 52.5 Å². The van der Waals surface area contributed by atoms with E-state index < -0.39 is 22.0 Å². The van der Waals surface area contributed by atoms with Crippen LogP contribution in [0.25, 0.3) is 0 Å². The minimum Gasteiger partial charge on any atom is -0.368 e. The van der Waals surface area contributed by atoms with Crippen LogP contribution in [0.15, 0.2) is 11.0 Å². The lowest BCUT2D eigenvalue weighted by atomic mass is 10.0. The van der Waals surface area contributed by atoms with Gasteiger partial charge < -0.3 is 5.73 Å². The fourth-order valence-electron chi connectivity index (χ4n) is 2.33. The highest BCUT2D eigenvalue weighted by atomic mass is 32.2. The van der Waals surface area contributed by atoms with Crippen molar-refractivity contribution in [2.24, 2.45) is 11.7 Å². The van der Waals surface area contributed by atoms with E-state index in [4.69, 9.17) is 5.73 Å². The quantitative estimate of drug-likeness (QED) is 0.867. The summed E-state index contributed by atoms with van der Waals surface area (Å²) in [6, 6.07) is 1.03. The van der Waals surface area contributed by atoms with Crippen molar-refractivity contribution in [1.82, 2.24) is 4.72 Å². The molecule has 0 aromatic heterocycles. The molecule has 0 aliphatic carbocycles. The van der Waals surface area contributed by atoms with Crippen LogP contribution in [-0.4, -0.2) is 20.4 Å². The average Bonchev–Trinajstić information content (AvgIpc) is 2.33. The molecule has 0 spiro atoms. The van der Waals surface area contributed by atoms with E-state index in [0.29, 0.717) is 11.1 Å². The van der Waals surface area contributed by atoms with E-state index >= 15 is 0 Å². The third kappa shape index (κ3) is 3.63. The average molecular weight is 312 g/mol. The van der Waals surface area contributed by atoms with E-state index in [-0.39, 0.29) is 10.8 Å². The van der Waals surface area contributed by atoms with E-state index in [1.54, 1.807) is 27.7 Å². The van der Waals surface area contributed by atoms with Gasteiger partial charge in [0.05, 0.1) is 4.90 Å². The van der Waals surface area contributed by atoms with Crippen LogP contribution in [0.3, 0.4) is 0 Å². The molecule has 0 fully saturated rings. The topological polar surface area (TPSA) is 89.3 Å². The summed E-state index contributed by atoms with van der Waals surface area (Å²) in [5, 5.41) is 0. The molecule has 0 aliphatic rings. The molecule has 1 amide bonds. The van der Waals surface area contributed by atoms with Crippen molar-refractivity contribution in [3.05, 3.63) is 28.3 Å². The number of hydrogen-bond acceptors (Lipinski definition) is 3. The fourth-order valence-corrected chi connectivity index (χ4v) is 4.30. The van der Waals surface area contributed by atoms with E-state index in [0.717, 1.165) is 11.1 Å². The number of hydrogen-bond donors (Lipinski definition) is 2.